The SMILES string of the molecule is CCC1(CC)CC(=O)N([C@H](C)c2cccc(C(=O)N[C@@H]3c4ccccc4OC(C)(C)[C@H]3O)c2)C(=N)N1. The van der Waals surface area contributed by atoms with E-state index in [0.29, 0.717) is 17.7 Å². The molecule has 0 aromatic heterocycles. The summed E-state index contributed by atoms with van der Waals surface area (Å²) in [6, 6.07) is 13.4. The lowest BCUT2D eigenvalue weighted by Crippen LogP contribution is -2.62. The molecule has 0 bridgehead atoms. The first-order chi connectivity index (χ1) is 17.0. The van der Waals surface area contributed by atoms with Gasteiger partial charge in [0.2, 0.25) is 5.91 Å². The predicted octanol–water partition coefficient (Wildman–Crippen LogP) is 4.07. The lowest BCUT2D eigenvalue weighted by atomic mass is 9.86. The van der Waals surface area contributed by atoms with Gasteiger partial charge in [0, 0.05) is 16.7 Å². The summed E-state index contributed by atoms with van der Waals surface area (Å²) in [6.07, 6.45) is 0.887. The van der Waals surface area contributed by atoms with Gasteiger partial charge in [-0.3, -0.25) is 19.9 Å². The van der Waals surface area contributed by atoms with E-state index >= 15 is 0 Å². The van der Waals surface area contributed by atoms with Gasteiger partial charge >= 0.3 is 0 Å². The number of carbonyl (C=O) groups is 2. The standard InChI is InChI=1S/C28H36N4O4/c1-6-28(7-2)16-22(33)32(26(29)31-28)17(3)18-11-10-12-19(15-18)25(35)30-23-20-13-8-9-14-21(20)36-27(4,5)24(23)34/h8-15,17,23-24,34H,6-7,16H2,1-5H3,(H2,29,31)(H,30,35)/t17-,23-,24+/m1/s1. The Balaban J connectivity index is 1.56. The van der Waals surface area contributed by atoms with Crippen LogP contribution in [0.4, 0.5) is 0 Å². The van der Waals surface area contributed by atoms with Crippen LogP contribution in [0, 0.1) is 5.41 Å². The van der Waals surface area contributed by atoms with E-state index in [2.05, 4.69) is 10.6 Å². The molecular formula is C28H36N4O4. The molecule has 4 rings (SSSR count). The van der Waals surface area contributed by atoms with Crippen molar-refractivity contribution < 1.29 is 19.4 Å². The number of para-hydroxylation sites is 1. The number of rotatable bonds is 6. The molecule has 4 N–H and O–H groups in total. The number of guanidine groups is 1. The van der Waals surface area contributed by atoms with Gasteiger partial charge in [0.15, 0.2) is 5.96 Å². The highest BCUT2D eigenvalue weighted by Gasteiger charge is 2.44. The van der Waals surface area contributed by atoms with Crippen molar-refractivity contribution >= 4 is 17.8 Å². The minimum absolute atomic E-state index is 0.0847. The Hall–Kier alpha value is -3.39. The molecule has 192 valence electrons. The number of nitrogens with one attached hydrogen (secondary N) is 3. The van der Waals surface area contributed by atoms with Gasteiger partial charge in [-0.15, -0.1) is 0 Å². The highest BCUT2D eigenvalue weighted by atomic mass is 16.5. The summed E-state index contributed by atoms with van der Waals surface area (Å²) in [5, 5.41) is 25.7. The topological polar surface area (TPSA) is 115 Å². The van der Waals surface area contributed by atoms with E-state index in [4.69, 9.17) is 10.1 Å². The molecule has 2 aliphatic rings. The van der Waals surface area contributed by atoms with Gasteiger partial charge in [0.05, 0.1) is 18.5 Å². The Morgan fingerprint density at radius 1 is 1.22 bits per heavy atom. The molecule has 0 saturated carbocycles. The third-order valence-electron chi connectivity index (χ3n) is 7.70. The molecule has 2 heterocycles. The fourth-order valence-corrected chi connectivity index (χ4v) is 5.16. The molecule has 2 amide bonds. The first kappa shape index (κ1) is 25.7. The highest BCUT2D eigenvalue weighted by Crippen LogP contribution is 2.39. The van der Waals surface area contributed by atoms with Gasteiger partial charge in [-0.05, 0) is 57.4 Å². The van der Waals surface area contributed by atoms with Crippen molar-refractivity contribution in [3.05, 3.63) is 65.2 Å². The monoisotopic (exact) mass is 492 g/mol. The van der Waals surface area contributed by atoms with E-state index in [-0.39, 0.29) is 23.3 Å². The zero-order valence-electron chi connectivity index (χ0n) is 21.6. The molecule has 2 aliphatic heterocycles. The van der Waals surface area contributed by atoms with Gasteiger partial charge in [-0.1, -0.05) is 44.2 Å². The van der Waals surface area contributed by atoms with Crippen LogP contribution in [0.2, 0.25) is 0 Å². The molecule has 0 spiro atoms. The zero-order valence-corrected chi connectivity index (χ0v) is 21.6. The minimum Gasteiger partial charge on any atom is -0.485 e. The summed E-state index contributed by atoms with van der Waals surface area (Å²) in [5.41, 5.74) is 0.610. The van der Waals surface area contributed by atoms with Crippen molar-refractivity contribution in [2.75, 3.05) is 0 Å². The first-order valence-electron chi connectivity index (χ1n) is 12.6. The molecule has 36 heavy (non-hydrogen) atoms. The molecule has 2 aromatic carbocycles. The summed E-state index contributed by atoms with van der Waals surface area (Å²) in [7, 11) is 0. The Morgan fingerprint density at radius 3 is 2.58 bits per heavy atom. The largest absolute Gasteiger partial charge is 0.485 e. The number of aliphatic hydroxyl groups is 1. The van der Waals surface area contributed by atoms with E-state index in [9.17, 15) is 14.7 Å². The fraction of sp³-hybridized carbons (Fsp3) is 0.464. The van der Waals surface area contributed by atoms with Gasteiger partial charge < -0.3 is 20.5 Å². The predicted molar refractivity (Wildman–Crippen MR) is 138 cm³/mol. The van der Waals surface area contributed by atoms with Gasteiger partial charge in [-0.2, -0.15) is 0 Å². The van der Waals surface area contributed by atoms with Crippen LogP contribution >= 0.6 is 0 Å². The van der Waals surface area contributed by atoms with Crippen LogP contribution in [0.15, 0.2) is 48.5 Å². The van der Waals surface area contributed by atoms with Crippen molar-refractivity contribution in [2.45, 2.75) is 83.2 Å². The van der Waals surface area contributed by atoms with E-state index in [1.807, 2.05) is 51.1 Å². The Kier molecular flexibility index (Phi) is 6.84. The number of aliphatic hydroxyl groups excluding tert-OH is 1. The minimum atomic E-state index is -0.951. The third-order valence-corrected chi connectivity index (χ3v) is 7.70. The highest BCUT2D eigenvalue weighted by molar-refractivity contribution is 6.00. The first-order valence-corrected chi connectivity index (χ1v) is 12.6. The van der Waals surface area contributed by atoms with Crippen molar-refractivity contribution in [3.63, 3.8) is 0 Å². The number of ether oxygens (including phenoxy) is 1. The molecule has 8 nitrogen and oxygen atoms in total. The second-order valence-electron chi connectivity index (χ2n) is 10.3. The fourth-order valence-electron chi connectivity index (χ4n) is 5.16. The number of fused-ring (bicyclic) bond motifs is 1. The lowest BCUT2D eigenvalue weighted by Gasteiger charge is -2.44. The second-order valence-corrected chi connectivity index (χ2v) is 10.3. The number of hydrogen-bond donors (Lipinski definition) is 4. The maximum atomic E-state index is 13.3. The van der Waals surface area contributed by atoms with Gasteiger partial charge in [0.1, 0.15) is 17.5 Å². The average molecular weight is 493 g/mol. The average Bonchev–Trinajstić information content (AvgIpc) is 2.85. The smallest absolute Gasteiger partial charge is 0.251 e. The quantitative estimate of drug-likeness (QED) is 0.485. The second kappa shape index (κ2) is 9.58. The van der Waals surface area contributed by atoms with Crippen LogP contribution in [-0.4, -0.2) is 45.0 Å². The molecular weight excluding hydrogens is 456 g/mol. The van der Waals surface area contributed by atoms with Crippen LogP contribution in [0.5, 0.6) is 5.75 Å². The van der Waals surface area contributed by atoms with Crippen LogP contribution in [-0.2, 0) is 4.79 Å². The summed E-state index contributed by atoms with van der Waals surface area (Å²) in [6.45, 7) is 9.48. The third kappa shape index (κ3) is 4.57. The Morgan fingerprint density at radius 2 is 1.92 bits per heavy atom. The maximum Gasteiger partial charge on any atom is 0.251 e. The van der Waals surface area contributed by atoms with Crippen LogP contribution < -0.4 is 15.4 Å². The number of hydrogen-bond acceptors (Lipinski definition) is 5. The summed E-state index contributed by atoms with van der Waals surface area (Å²) in [4.78, 5) is 27.9. The molecule has 0 aliphatic carbocycles. The maximum absolute atomic E-state index is 13.3. The molecule has 1 fully saturated rings. The lowest BCUT2D eigenvalue weighted by molar-refractivity contribution is -0.132. The summed E-state index contributed by atoms with van der Waals surface area (Å²) >= 11 is 0. The summed E-state index contributed by atoms with van der Waals surface area (Å²) < 4.78 is 5.95. The molecule has 0 radical (unpaired) electrons. The van der Waals surface area contributed by atoms with Crippen molar-refractivity contribution in [2.24, 2.45) is 0 Å². The van der Waals surface area contributed by atoms with E-state index in [0.717, 1.165) is 24.0 Å². The van der Waals surface area contributed by atoms with Gasteiger partial charge in [0.25, 0.3) is 5.91 Å². The number of nitrogens with zero attached hydrogens (tertiary/aromatic N) is 1. The van der Waals surface area contributed by atoms with Crippen molar-refractivity contribution in [3.8, 4) is 5.75 Å². The van der Waals surface area contributed by atoms with E-state index < -0.39 is 23.8 Å². The normalized spacial score (nSPS) is 23.2. The molecule has 2 aromatic rings. The Bertz CT molecular complexity index is 1150. The van der Waals surface area contributed by atoms with Crippen LogP contribution in [0.3, 0.4) is 0 Å². The van der Waals surface area contributed by atoms with Crippen LogP contribution in [0.1, 0.15) is 87.4 Å². The van der Waals surface area contributed by atoms with E-state index in [1.54, 1.807) is 32.0 Å². The molecule has 3 atom stereocenters. The molecule has 0 unspecified atom stereocenters. The zero-order chi connectivity index (χ0) is 26.3. The van der Waals surface area contributed by atoms with E-state index in [1.165, 1.54) is 4.90 Å². The van der Waals surface area contributed by atoms with Crippen LogP contribution in [0.25, 0.3) is 0 Å². The molecule has 8 heteroatoms. The molecule has 1 saturated heterocycles. The van der Waals surface area contributed by atoms with Gasteiger partial charge in [-0.25, -0.2) is 0 Å². The van der Waals surface area contributed by atoms with Crippen molar-refractivity contribution in [1.82, 2.24) is 15.5 Å². The number of amides is 2. The number of benzene rings is 2. The number of carbonyl (C=O) groups excluding carboxylic acids is 2. The van der Waals surface area contributed by atoms with Crippen molar-refractivity contribution in [1.29, 1.82) is 5.41 Å². The Labute approximate surface area is 212 Å². The summed E-state index contributed by atoms with van der Waals surface area (Å²) in [5.74, 6) is 0.274.